The number of carboxylic acid groups (broad SMARTS) is 1. The van der Waals surface area contributed by atoms with E-state index >= 15 is 0 Å². The first-order chi connectivity index (χ1) is 22.0. The molecular weight excluding hydrogens is 616 g/mol. The smallest absolute Gasteiger partial charge is 0.394 e. The molecule has 0 aromatic heterocycles. The standard InChI is InChI=1S/C32H26N4O9S/c1-44-26-15-18(8-12-24(26)34-31(38)32(39)40)19-9-13-25(27(16-19)45-2)35-36-29-28(46(41,42)43)17-20-14-22(10-11-23(20)30(29)37)33-21-6-4-3-5-7-21/h3-17,33,37H,1-2H3,(H,34,38)(H,39,40)(H,41,42,43). The van der Waals surface area contributed by atoms with Crippen LogP contribution in [-0.4, -0.2) is 49.3 Å². The van der Waals surface area contributed by atoms with Gasteiger partial charge in [-0.1, -0.05) is 30.3 Å². The second kappa shape index (κ2) is 12.9. The van der Waals surface area contributed by atoms with Gasteiger partial charge in [-0.05, 0) is 77.2 Å². The van der Waals surface area contributed by atoms with Crippen LogP contribution in [0.15, 0.2) is 106 Å². The van der Waals surface area contributed by atoms with Gasteiger partial charge in [-0.3, -0.25) is 9.35 Å². The van der Waals surface area contributed by atoms with E-state index < -0.39 is 38.3 Å². The Labute approximate surface area is 262 Å². The number of fused-ring (bicyclic) bond motifs is 1. The Morgan fingerprint density at radius 1 is 0.783 bits per heavy atom. The van der Waals surface area contributed by atoms with Crippen LogP contribution in [0.5, 0.6) is 17.2 Å². The minimum atomic E-state index is -4.84. The first-order valence-electron chi connectivity index (χ1n) is 13.4. The molecule has 5 aromatic carbocycles. The fourth-order valence-corrected chi connectivity index (χ4v) is 5.26. The number of hydrogen-bond donors (Lipinski definition) is 5. The maximum Gasteiger partial charge on any atom is 0.394 e. The molecule has 0 heterocycles. The summed E-state index contributed by atoms with van der Waals surface area (Å²) < 4.78 is 45.5. The van der Waals surface area contributed by atoms with Crippen LogP contribution in [0.25, 0.3) is 21.9 Å². The van der Waals surface area contributed by atoms with Crippen LogP contribution < -0.4 is 20.1 Å². The number of nitrogens with one attached hydrogen (secondary N) is 2. The Balaban J connectivity index is 1.49. The molecule has 0 spiro atoms. The van der Waals surface area contributed by atoms with Crippen molar-refractivity contribution in [3.05, 3.63) is 91.0 Å². The van der Waals surface area contributed by atoms with E-state index in [2.05, 4.69) is 20.9 Å². The minimum Gasteiger partial charge on any atom is -0.505 e. The monoisotopic (exact) mass is 642 g/mol. The van der Waals surface area contributed by atoms with Crippen molar-refractivity contribution in [1.29, 1.82) is 0 Å². The Bertz CT molecular complexity index is 2120. The number of rotatable bonds is 9. The number of aliphatic carboxylic acids is 1. The molecule has 46 heavy (non-hydrogen) atoms. The summed E-state index contributed by atoms with van der Waals surface area (Å²) in [5.74, 6) is -2.93. The van der Waals surface area contributed by atoms with Crippen LogP contribution in [0.2, 0.25) is 0 Å². The maximum absolute atomic E-state index is 12.4. The number of phenols is 1. The fraction of sp³-hybridized carbons (Fsp3) is 0.0625. The second-order valence-corrected chi connectivity index (χ2v) is 11.1. The van der Waals surface area contributed by atoms with Crippen molar-refractivity contribution in [2.24, 2.45) is 10.2 Å². The predicted molar refractivity (Wildman–Crippen MR) is 171 cm³/mol. The maximum atomic E-state index is 12.4. The number of hydrogen-bond acceptors (Lipinski definition) is 10. The van der Waals surface area contributed by atoms with Crippen LogP contribution in [0.3, 0.4) is 0 Å². The van der Waals surface area contributed by atoms with Gasteiger partial charge in [0.05, 0.1) is 19.9 Å². The van der Waals surface area contributed by atoms with E-state index in [-0.39, 0.29) is 28.3 Å². The lowest BCUT2D eigenvalue weighted by Crippen LogP contribution is -2.22. The second-order valence-electron chi connectivity index (χ2n) is 9.73. The van der Waals surface area contributed by atoms with Crippen molar-refractivity contribution in [3.8, 4) is 28.4 Å². The molecule has 5 aromatic rings. The van der Waals surface area contributed by atoms with Crippen LogP contribution in [0, 0.1) is 0 Å². The van der Waals surface area contributed by atoms with Gasteiger partial charge < -0.3 is 30.3 Å². The number of carbonyl (C=O) groups excluding carboxylic acids is 1. The number of phenolic OH excluding ortho intramolecular Hbond substituents is 1. The number of carboxylic acids is 1. The Kier molecular flexibility index (Phi) is 8.84. The van der Waals surface area contributed by atoms with Gasteiger partial charge in [-0.15, -0.1) is 10.2 Å². The summed E-state index contributed by atoms with van der Waals surface area (Å²) in [5.41, 5.74) is 2.53. The van der Waals surface area contributed by atoms with Gasteiger partial charge in [0.2, 0.25) is 0 Å². The van der Waals surface area contributed by atoms with Gasteiger partial charge in [-0.25, -0.2) is 4.79 Å². The largest absolute Gasteiger partial charge is 0.505 e. The molecular formula is C32H26N4O9S. The summed E-state index contributed by atoms with van der Waals surface area (Å²) in [7, 11) is -2.09. The topological polar surface area (TPSA) is 196 Å². The fourth-order valence-electron chi connectivity index (χ4n) is 4.60. The highest BCUT2D eigenvalue weighted by molar-refractivity contribution is 7.86. The zero-order valence-electron chi connectivity index (χ0n) is 24.3. The van der Waals surface area contributed by atoms with Gasteiger partial charge in [0.25, 0.3) is 10.1 Å². The average molecular weight is 643 g/mol. The molecule has 14 heteroatoms. The zero-order valence-corrected chi connectivity index (χ0v) is 25.1. The molecule has 0 unspecified atom stereocenters. The zero-order chi connectivity index (χ0) is 33.0. The number of para-hydroxylation sites is 1. The Morgan fingerprint density at radius 3 is 2.11 bits per heavy atom. The Morgan fingerprint density at radius 2 is 1.46 bits per heavy atom. The number of aromatic hydroxyl groups is 1. The van der Waals surface area contributed by atoms with E-state index in [9.17, 15) is 27.7 Å². The number of anilines is 3. The highest BCUT2D eigenvalue weighted by Gasteiger charge is 2.23. The number of ether oxygens (including phenoxy) is 2. The number of methoxy groups -OCH3 is 2. The molecule has 0 atom stereocenters. The van der Waals surface area contributed by atoms with Crippen molar-refractivity contribution in [2.75, 3.05) is 24.9 Å². The first-order valence-corrected chi connectivity index (χ1v) is 14.8. The van der Waals surface area contributed by atoms with Crippen molar-refractivity contribution < 1.29 is 42.2 Å². The van der Waals surface area contributed by atoms with E-state index in [1.807, 2.05) is 30.3 Å². The summed E-state index contributed by atoms with van der Waals surface area (Å²) in [6.07, 6.45) is 0. The summed E-state index contributed by atoms with van der Waals surface area (Å²) in [6, 6.07) is 24.9. The van der Waals surface area contributed by atoms with Crippen molar-refractivity contribution >= 4 is 61.2 Å². The van der Waals surface area contributed by atoms with Gasteiger partial charge >= 0.3 is 11.9 Å². The SMILES string of the molecule is COc1cc(-c2ccc(NC(=O)C(=O)O)c(OC)c2)ccc1N=Nc1c(S(=O)(=O)O)cc2cc(Nc3ccccc3)ccc2c1O. The van der Waals surface area contributed by atoms with E-state index in [0.717, 1.165) is 5.69 Å². The van der Waals surface area contributed by atoms with Crippen LogP contribution in [0.1, 0.15) is 0 Å². The number of nitrogens with zero attached hydrogens (tertiary/aromatic N) is 2. The van der Waals surface area contributed by atoms with Crippen molar-refractivity contribution in [1.82, 2.24) is 0 Å². The third-order valence-corrected chi connectivity index (χ3v) is 7.67. The predicted octanol–water partition coefficient (Wildman–Crippen LogP) is 6.66. The van der Waals surface area contributed by atoms with Crippen molar-refractivity contribution in [2.45, 2.75) is 4.90 Å². The number of benzene rings is 5. The molecule has 0 bridgehead atoms. The lowest BCUT2D eigenvalue weighted by Gasteiger charge is -2.13. The summed E-state index contributed by atoms with van der Waals surface area (Å²) in [6.45, 7) is 0. The highest BCUT2D eigenvalue weighted by Crippen LogP contribution is 2.43. The van der Waals surface area contributed by atoms with E-state index in [1.165, 1.54) is 32.4 Å². The molecule has 5 rings (SSSR count). The lowest BCUT2D eigenvalue weighted by atomic mass is 10.0. The molecule has 0 saturated carbocycles. The van der Waals surface area contributed by atoms with Crippen molar-refractivity contribution in [3.63, 3.8) is 0 Å². The number of azo groups is 1. The third kappa shape index (κ3) is 6.72. The summed E-state index contributed by atoms with van der Waals surface area (Å²) >= 11 is 0. The molecule has 5 N–H and O–H groups in total. The minimum absolute atomic E-state index is 0.157. The molecule has 0 saturated heterocycles. The molecule has 0 aliphatic rings. The summed E-state index contributed by atoms with van der Waals surface area (Å²) in [4.78, 5) is 21.9. The van der Waals surface area contributed by atoms with Gasteiger partial charge in [0.1, 0.15) is 27.8 Å². The molecule has 1 amide bonds. The lowest BCUT2D eigenvalue weighted by molar-refractivity contribution is -0.147. The molecule has 0 aliphatic carbocycles. The molecule has 13 nitrogen and oxygen atoms in total. The number of amides is 1. The molecule has 234 valence electrons. The van der Waals surface area contributed by atoms with Gasteiger partial charge in [0, 0.05) is 16.8 Å². The normalized spacial score (nSPS) is 11.4. The number of carbonyl (C=O) groups is 2. The van der Waals surface area contributed by atoms with Crippen LogP contribution in [0.4, 0.5) is 28.4 Å². The highest BCUT2D eigenvalue weighted by atomic mass is 32.2. The van der Waals surface area contributed by atoms with E-state index in [0.29, 0.717) is 22.2 Å². The average Bonchev–Trinajstić information content (AvgIpc) is 3.04. The molecule has 0 radical (unpaired) electrons. The third-order valence-electron chi connectivity index (χ3n) is 6.81. The van der Waals surface area contributed by atoms with Gasteiger partial charge in [-0.2, -0.15) is 8.42 Å². The van der Waals surface area contributed by atoms with Crippen LogP contribution in [-0.2, 0) is 19.7 Å². The van der Waals surface area contributed by atoms with Gasteiger partial charge in [0.15, 0.2) is 5.75 Å². The molecule has 0 aliphatic heterocycles. The Hall–Kier alpha value is -5.99. The van der Waals surface area contributed by atoms with E-state index in [1.54, 1.807) is 42.5 Å². The van der Waals surface area contributed by atoms with E-state index in [4.69, 9.17) is 14.6 Å². The summed E-state index contributed by atoms with van der Waals surface area (Å²) in [5, 5.41) is 34.1. The quantitative estimate of drug-likeness (QED) is 0.0659. The van der Waals surface area contributed by atoms with Crippen LogP contribution >= 0.6 is 0 Å². The molecule has 0 fully saturated rings. The first kappa shape index (κ1) is 31.4.